The average molecular weight is 347 g/mol. The van der Waals surface area contributed by atoms with Crippen molar-refractivity contribution >= 4 is 12.4 Å². The van der Waals surface area contributed by atoms with Crippen LogP contribution in [-0.2, 0) is 0 Å². The summed E-state index contributed by atoms with van der Waals surface area (Å²) in [5, 5.41) is 11.9. The minimum absolute atomic E-state index is 0. The first kappa shape index (κ1) is 19.1. The van der Waals surface area contributed by atoms with Crippen LogP contribution in [0.15, 0.2) is 12.1 Å². The highest BCUT2D eigenvalue weighted by atomic mass is 35.5. The highest BCUT2D eigenvalue weighted by molar-refractivity contribution is 5.85. The van der Waals surface area contributed by atoms with Crippen LogP contribution < -0.4 is 5.32 Å². The van der Waals surface area contributed by atoms with Crippen LogP contribution >= 0.6 is 12.4 Å². The smallest absolute Gasteiger partial charge is 0.289 e. The number of alkyl halides is 2. The number of halogens is 6. The number of nitrogens with one attached hydrogen (secondary N) is 1. The molecule has 0 aromatic heterocycles. The van der Waals surface area contributed by atoms with Crippen LogP contribution in [0.3, 0.4) is 0 Å². The molecule has 9 heteroatoms. The zero-order chi connectivity index (χ0) is 15.6. The molecule has 0 unspecified atom stereocenters. The first-order valence-corrected chi connectivity index (χ1v) is 6.44. The number of rotatable bonds is 4. The third-order valence-electron chi connectivity index (χ3n) is 3.45. The van der Waals surface area contributed by atoms with E-state index in [-0.39, 0.29) is 25.5 Å². The van der Waals surface area contributed by atoms with Gasteiger partial charge in [-0.3, -0.25) is 4.90 Å². The normalized spacial score (nSPS) is 17.9. The summed E-state index contributed by atoms with van der Waals surface area (Å²) in [5.41, 5.74) is -0.396. The Kier molecular flexibility index (Phi) is 6.54. The Morgan fingerprint density at radius 1 is 1.14 bits per heavy atom. The summed E-state index contributed by atoms with van der Waals surface area (Å²) in [4.78, 5) is 1.32. The first-order chi connectivity index (χ1) is 9.86. The van der Waals surface area contributed by atoms with Crippen molar-refractivity contribution in [3.8, 4) is 0 Å². The SMILES string of the molecule is Cl.OCC(F)(F)[C@H](c1cc(F)c(F)c(F)c1)N1CCNCC1. The van der Waals surface area contributed by atoms with Crippen LogP contribution in [-0.4, -0.2) is 48.7 Å². The molecule has 2 rings (SSSR count). The van der Waals surface area contributed by atoms with Gasteiger partial charge in [-0.2, -0.15) is 0 Å². The number of hydrogen-bond acceptors (Lipinski definition) is 3. The van der Waals surface area contributed by atoms with Gasteiger partial charge in [-0.1, -0.05) is 0 Å². The molecular weight excluding hydrogens is 331 g/mol. The maximum atomic E-state index is 14.0. The van der Waals surface area contributed by atoms with E-state index in [1.165, 1.54) is 4.90 Å². The second-order valence-corrected chi connectivity index (χ2v) is 4.91. The Labute approximate surface area is 130 Å². The van der Waals surface area contributed by atoms with Gasteiger partial charge in [0, 0.05) is 26.2 Å². The number of benzene rings is 1. The molecule has 1 saturated heterocycles. The van der Waals surface area contributed by atoms with Crippen LogP contribution in [0, 0.1) is 17.5 Å². The lowest BCUT2D eigenvalue weighted by molar-refractivity contribution is -0.118. The summed E-state index contributed by atoms with van der Waals surface area (Å²) in [6.07, 6.45) is 0. The van der Waals surface area contributed by atoms with Gasteiger partial charge in [0.05, 0.1) is 0 Å². The van der Waals surface area contributed by atoms with Gasteiger partial charge in [0.25, 0.3) is 5.92 Å². The number of aliphatic hydroxyl groups is 1. The van der Waals surface area contributed by atoms with Crippen LogP contribution in [0.5, 0.6) is 0 Å². The molecule has 1 aromatic carbocycles. The van der Waals surface area contributed by atoms with Crippen LogP contribution in [0.4, 0.5) is 22.0 Å². The van der Waals surface area contributed by atoms with Crippen molar-refractivity contribution in [2.24, 2.45) is 0 Å². The van der Waals surface area contributed by atoms with Crippen molar-refractivity contribution in [2.45, 2.75) is 12.0 Å². The average Bonchev–Trinajstić information content (AvgIpc) is 2.46. The summed E-state index contributed by atoms with van der Waals surface area (Å²) >= 11 is 0. The second-order valence-electron chi connectivity index (χ2n) is 4.91. The Morgan fingerprint density at radius 2 is 1.64 bits per heavy atom. The van der Waals surface area contributed by atoms with E-state index in [1.54, 1.807) is 0 Å². The molecule has 2 N–H and O–H groups in total. The minimum Gasteiger partial charge on any atom is -0.390 e. The van der Waals surface area contributed by atoms with Crippen molar-refractivity contribution in [1.82, 2.24) is 10.2 Å². The van der Waals surface area contributed by atoms with Crippen molar-refractivity contribution in [3.05, 3.63) is 35.1 Å². The van der Waals surface area contributed by atoms with Gasteiger partial charge in [0.2, 0.25) is 0 Å². The minimum atomic E-state index is -3.60. The highest BCUT2D eigenvalue weighted by Crippen LogP contribution is 2.37. The molecule has 1 atom stereocenters. The van der Waals surface area contributed by atoms with Gasteiger partial charge in [-0.05, 0) is 17.7 Å². The number of aliphatic hydroxyl groups excluding tert-OH is 1. The van der Waals surface area contributed by atoms with Gasteiger partial charge < -0.3 is 10.4 Å². The first-order valence-electron chi connectivity index (χ1n) is 6.44. The fraction of sp³-hybridized carbons (Fsp3) is 0.538. The molecule has 1 aliphatic heterocycles. The summed E-state index contributed by atoms with van der Waals surface area (Å²) in [6, 6.07) is -0.613. The van der Waals surface area contributed by atoms with E-state index in [9.17, 15) is 22.0 Å². The fourth-order valence-electron chi connectivity index (χ4n) is 2.48. The molecule has 0 bridgehead atoms. The lowest BCUT2D eigenvalue weighted by Gasteiger charge is -2.38. The van der Waals surface area contributed by atoms with Crippen molar-refractivity contribution < 1.29 is 27.1 Å². The Bertz CT molecular complexity index is 488. The third-order valence-corrected chi connectivity index (χ3v) is 3.45. The molecule has 126 valence electrons. The molecule has 1 aliphatic rings. The second kappa shape index (κ2) is 7.54. The molecule has 0 radical (unpaired) electrons. The molecule has 0 aliphatic carbocycles. The molecule has 1 fully saturated rings. The van der Waals surface area contributed by atoms with E-state index in [0.717, 1.165) is 0 Å². The standard InChI is InChI=1S/C13H15F5N2O.ClH/c14-9-5-8(6-10(15)11(9)16)12(13(17,18)7-21)20-3-1-19-2-4-20;/h5-6,12,19,21H,1-4,7H2;1H/t12-;/m0./s1. The maximum absolute atomic E-state index is 14.0. The summed E-state index contributed by atoms with van der Waals surface area (Å²) in [7, 11) is 0. The maximum Gasteiger partial charge on any atom is 0.289 e. The Balaban J connectivity index is 0.00000242. The summed E-state index contributed by atoms with van der Waals surface area (Å²) in [6.45, 7) is -0.154. The lowest BCUT2D eigenvalue weighted by atomic mass is 9.97. The van der Waals surface area contributed by atoms with E-state index >= 15 is 0 Å². The predicted molar refractivity (Wildman–Crippen MR) is 72.8 cm³/mol. The molecule has 1 aromatic rings. The summed E-state index contributed by atoms with van der Waals surface area (Å²) < 4.78 is 67.6. The van der Waals surface area contributed by atoms with Gasteiger partial charge in [0.15, 0.2) is 17.5 Å². The third kappa shape index (κ3) is 3.87. The number of hydrogen-bond donors (Lipinski definition) is 2. The lowest BCUT2D eigenvalue weighted by Crippen LogP contribution is -2.51. The largest absolute Gasteiger partial charge is 0.390 e. The van der Waals surface area contributed by atoms with E-state index in [4.69, 9.17) is 5.11 Å². The molecule has 22 heavy (non-hydrogen) atoms. The predicted octanol–water partition coefficient (Wildman–Crippen LogP) is 2.10. The molecular formula is C13H16ClF5N2O. The van der Waals surface area contributed by atoms with Crippen LogP contribution in [0.25, 0.3) is 0 Å². The van der Waals surface area contributed by atoms with Gasteiger partial charge >= 0.3 is 0 Å². The zero-order valence-corrected chi connectivity index (χ0v) is 12.3. The topological polar surface area (TPSA) is 35.5 Å². The van der Waals surface area contributed by atoms with E-state index in [0.29, 0.717) is 25.2 Å². The molecule has 0 saturated carbocycles. The van der Waals surface area contributed by atoms with Crippen LogP contribution in [0.1, 0.15) is 11.6 Å². The van der Waals surface area contributed by atoms with Crippen LogP contribution in [0.2, 0.25) is 0 Å². The zero-order valence-electron chi connectivity index (χ0n) is 11.5. The fourth-order valence-corrected chi connectivity index (χ4v) is 2.48. The van der Waals surface area contributed by atoms with Gasteiger partial charge in [-0.15, -0.1) is 12.4 Å². The highest BCUT2D eigenvalue weighted by Gasteiger charge is 2.44. The van der Waals surface area contributed by atoms with Gasteiger partial charge in [0.1, 0.15) is 12.6 Å². The van der Waals surface area contributed by atoms with E-state index in [2.05, 4.69) is 5.32 Å². The Morgan fingerprint density at radius 3 is 2.09 bits per heavy atom. The van der Waals surface area contributed by atoms with Crippen molar-refractivity contribution in [1.29, 1.82) is 0 Å². The van der Waals surface area contributed by atoms with Gasteiger partial charge in [-0.25, -0.2) is 22.0 Å². The number of piperazine rings is 1. The summed E-state index contributed by atoms with van der Waals surface area (Å²) in [5.74, 6) is -8.36. The molecule has 3 nitrogen and oxygen atoms in total. The van der Waals surface area contributed by atoms with Crippen molar-refractivity contribution in [2.75, 3.05) is 32.8 Å². The van der Waals surface area contributed by atoms with E-state index < -0.39 is 41.6 Å². The monoisotopic (exact) mass is 346 g/mol. The Hall–Kier alpha value is -0.960. The molecule has 0 spiro atoms. The number of nitrogens with zero attached hydrogens (tertiary/aromatic N) is 1. The quantitative estimate of drug-likeness (QED) is 0.647. The molecule has 0 amide bonds. The molecule has 1 heterocycles. The van der Waals surface area contributed by atoms with E-state index in [1.807, 2.05) is 0 Å². The van der Waals surface area contributed by atoms with Crippen molar-refractivity contribution in [3.63, 3.8) is 0 Å².